The number of para-hydroxylation sites is 1. The third-order valence-corrected chi connectivity index (χ3v) is 3.49. The highest BCUT2D eigenvalue weighted by Crippen LogP contribution is 2.37. The van der Waals surface area contributed by atoms with Crippen molar-refractivity contribution in [3.63, 3.8) is 0 Å². The minimum Gasteiger partial charge on any atom is -0.492 e. The number of fused-ring (bicyclic) bond motifs is 1. The number of H-pyrrole nitrogens is 1. The van der Waals surface area contributed by atoms with Crippen LogP contribution in [-0.2, 0) is 0 Å². The molecule has 1 unspecified atom stereocenters. The van der Waals surface area contributed by atoms with Gasteiger partial charge in [-0.1, -0.05) is 23.4 Å². The molecule has 6 nitrogen and oxygen atoms in total. The predicted molar refractivity (Wildman–Crippen MR) is 72.6 cm³/mol. The van der Waals surface area contributed by atoms with E-state index < -0.39 is 0 Å². The smallest absolute Gasteiger partial charge is 0.274 e. The second kappa shape index (κ2) is 4.49. The zero-order chi connectivity index (χ0) is 14.2. The van der Waals surface area contributed by atoms with Gasteiger partial charge >= 0.3 is 0 Å². The summed E-state index contributed by atoms with van der Waals surface area (Å²) < 4.78 is 10.9. The van der Waals surface area contributed by atoms with Crippen molar-refractivity contribution in [3.05, 3.63) is 53.5 Å². The van der Waals surface area contributed by atoms with Crippen molar-refractivity contribution in [2.45, 2.75) is 5.92 Å². The normalized spacial score (nSPS) is 16.2. The first-order chi connectivity index (χ1) is 10.3. The van der Waals surface area contributed by atoms with Gasteiger partial charge in [0.15, 0.2) is 5.82 Å². The lowest BCUT2D eigenvalue weighted by atomic mass is 10.0. The maximum absolute atomic E-state index is 8.82. The maximum Gasteiger partial charge on any atom is 0.274 e. The van der Waals surface area contributed by atoms with Crippen molar-refractivity contribution < 1.29 is 9.26 Å². The number of nitriles is 1. The molecule has 0 spiro atoms. The molecule has 0 fully saturated rings. The Kier molecular flexibility index (Phi) is 2.51. The van der Waals surface area contributed by atoms with E-state index in [1.165, 1.54) is 0 Å². The molecule has 6 heteroatoms. The molecule has 102 valence electrons. The fourth-order valence-corrected chi connectivity index (χ4v) is 2.45. The molecular weight excluding hydrogens is 268 g/mol. The molecule has 2 aromatic heterocycles. The molecule has 0 bridgehead atoms. The molecule has 0 saturated heterocycles. The standard InChI is InChI=1S/C15H10N4O2/c16-7-9-5-6-12(17-9)15-18-14(19-21-15)11-8-20-13-4-2-1-3-10(11)13/h1-6,11,17H,8H2. The molecular formula is C15H10N4O2. The molecule has 1 aliphatic heterocycles. The fourth-order valence-electron chi connectivity index (χ4n) is 2.45. The maximum atomic E-state index is 8.82. The van der Waals surface area contributed by atoms with Gasteiger partial charge in [0.25, 0.3) is 5.89 Å². The van der Waals surface area contributed by atoms with E-state index in [4.69, 9.17) is 14.5 Å². The zero-order valence-electron chi connectivity index (χ0n) is 10.9. The molecule has 0 radical (unpaired) electrons. The van der Waals surface area contributed by atoms with Gasteiger partial charge in [0.1, 0.15) is 29.8 Å². The largest absolute Gasteiger partial charge is 0.492 e. The van der Waals surface area contributed by atoms with E-state index in [0.717, 1.165) is 11.3 Å². The first-order valence-corrected chi connectivity index (χ1v) is 6.50. The summed E-state index contributed by atoms with van der Waals surface area (Å²) in [7, 11) is 0. The second-order valence-corrected chi connectivity index (χ2v) is 4.76. The van der Waals surface area contributed by atoms with E-state index in [1.807, 2.05) is 30.3 Å². The third-order valence-electron chi connectivity index (χ3n) is 3.49. The van der Waals surface area contributed by atoms with E-state index in [9.17, 15) is 0 Å². The molecule has 1 N–H and O–H groups in total. The Labute approximate surface area is 120 Å². The minimum atomic E-state index is -0.0240. The lowest BCUT2D eigenvalue weighted by molar-refractivity contribution is 0.334. The summed E-state index contributed by atoms with van der Waals surface area (Å²) in [6.45, 7) is 0.506. The zero-order valence-corrected chi connectivity index (χ0v) is 10.9. The number of nitrogens with one attached hydrogen (secondary N) is 1. The second-order valence-electron chi connectivity index (χ2n) is 4.76. The van der Waals surface area contributed by atoms with E-state index in [2.05, 4.69) is 15.1 Å². The summed E-state index contributed by atoms with van der Waals surface area (Å²) in [5, 5.41) is 12.9. The van der Waals surface area contributed by atoms with Crippen molar-refractivity contribution in [1.29, 1.82) is 5.26 Å². The Bertz CT molecular complexity index is 843. The van der Waals surface area contributed by atoms with Gasteiger partial charge in [-0.25, -0.2) is 0 Å². The number of hydrogen-bond donors (Lipinski definition) is 1. The van der Waals surface area contributed by atoms with Crippen LogP contribution in [0, 0.1) is 11.3 Å². The number of aromatic nitrogens is 3. The first-order valence-electron chi connectivity index (χ1n) is 6.50. The van der Waals surface area contributed by atoms with Crippen molar-refractivity contribution in [3.8, 4) is 23.4 Å². The Balaban J connectivity index is 1.68. The summed E-state index contributed by atoms with van der Waals surface area (Å²) in [6.07, 6.45) is 0. The van der Waals surface area contributed by atoms with Crippen LogP contribution >= 0.6 is 0 Å². The lowest BCUT2D eigenvalue weighted by Gasteiger charge is -2.01. The number of nitrogens with zero attached hydrogens (tertiary/aromatic N) is 3. The summed E-state index contributed by atoms with van der Waals surface area (Å²) in [4.78, 5) is 7.32. The van der Waals surface area contributed by atoms with Crippen molar-refractivity contribution >= 4 is 0 Å². The highest BCUT2D eigenvalue weighted by atomic mass is 16.5. The van der Waals surface area contributed by atoms with Gasteiger partial charge in [-0.2, -0.15) is 10.2 Å². The van der Waals surface area contributed by atoms with Crippen LogP contribution in [0.15, 0.2) is 40.9 Å². The van der Waals surface area contributed by atoms with Crippen LogP contribution < -0.4 is 4.74 Å². The number of aromatic amines is 1. The van der Waals surface area contributed by atoms with Crippen LogP contribution in [-0.4, -0.2) is 21.7 Å². The summed E-state index contributed by atoms with van der Waals surface area (Å²) in [5.74, 6) is 1.79. The fraction of sp³-hybridized carbons (Fsp3) is 0.133. The van der Waals surface area contributed by atoms with Gasteiger partial charge in [0.2, 0.25) is 0 Å². The van der Waals surface area contributed by atoms with Gasteiger partial charge in [-0.15, -0.1) is 0 Å². The SMILES string of the molecule is N#Cc1ccc(-c2nc(C3COc4ccccc43)no2)[nH]1. The van der Waals surface area contributed by atoms with Gasteiger partial charge in [0, 0.05) is 5.56 Å². The van der Waals surface area contributed by atoms with Crippen LogP contribution in [0.5, 0.6) is 5.75 Å². The Morgan fingerprint density at radius 2 is 2.14 bits per heavy atom. The molecule has 4 rings (SSSR count). The molecule has 1 aromatic carbocycles. The summed E-state index contributed by atoms with van der Waals surface area (Å²) in [5.41, 5.74) is 2.16. The molecule has 3 heterocycles. The topological polar surface area (TPSA) is 87.7 Å². The van der Waals surface area contributed by atoms with Crippen molar-refractivity contribution in [2.24, 2.45) is 0 Å². The van der Waals surface area contributed by atoms with Crippen LogP contribution in [0.4, 0.5) is 0 Å². The van der Waals surface area contributed by atoms with E-state index in [0.29, 0.717) is 29.7 Å². The molecule has 3 aromatic rings. The highest BCUT2D eigenvalue weighted by Gasteiger charge is 2.29. The van der Waals surface area contributed by atoms with Crippen LogP contribution in [0.3, 0.4) is 0 Å². The van der Waals surface area contributed by atoms with Gasteiger partial charge < -0.3 is 14.2 Å². The predicted octanol–water partition coefficient (Wildman–Crippen LogP) is 2.46. The number of rotatable bonds is 2. The third kappa shape index (κ3) is 1.87. The van der Waals surface area contributed by atoms with Crippen LogP contribution in [0.25, 0.3) is 11.6 Å². The molecule has 0 saturated carbocycles. The van der Waals surface area contributed by atoms with E-state index >= 15 is 0 Å². The van der Waals surface area contributed by atoms with Gasteiger partial charge in [-0.3, -0.25) is 0 Å². The Morgan fingerprint density at radius 1 is 1.24 bits per heavy atom. The van der Waals surface area contributed by atoms with Gasteiger partial charge in [0.05, 0.1) is 5.92 Å². The summed E-state index contributed by atoms with van der Waals surface area (Å²) in [6, 6.07) is 13.3. The minimum absolute atomic E-state index is 0.0240. The molecule has 21 heavy (non-hydrogen) atoms. The number of benzene rings is 1. The average Bonchev–Trinajstić information content (AvgIpc) is 3.24. The average molecular weight is 278 g/mol. The number of ether oxygens (including phenoxy) is 1. The van der Waals surface area contributed by atoms with Gasteiger partial charge in [-0.05, 0) is 18.2 Å². The molecule has 1 atom stereocenters. The molecule has 1 aliphatic rings. The van der Waals surface area contributed by atoms with Crippen LogP contribution in [0.1, 0.15) is 23.0 Å². The van der Waals surface area contributed by atoms with E-state index in [-0.39, 0.29) is 5.92 Å². The molecule has 0 aliphatic carbocycles. The Hall–Kier alpha value is -3.07. The number of hydrogen-bond acceptors (Lipinski definition) is 5. The lowest BCUT2D eigenvalue weighted by Crippen LogP contribution is -2.04. The summed E-state index contributed by atoms with van der Waals surface area (Å²) >= 11 is 0. The van der Waals surface area contributed by atoms with E-state index in [1.54, 1.807) is 12.1 Å². The molecule has 0 amide bonds. The Morgan fingerprint density at radius 3 is 3.00 bits per heavy atom. The van der Waals surface area contributed by atoms with Crippen LogP contribution in [0.2, 0.25) is 0 Å². The quantitative estimate of drug-likeness (QED) is 0.778. The first kappa shape index (κ1) is 11.7. The monoisotopic (exact) mass is 278 g/mol. The highest BCUT2D eigenvalue weighted by molar-refractivity contribution is 5.50. The van der Waals surface area contributed by atoms with Crippen molar-refractivity contribution in [2.75, 3.05) is 6.61 Å². The van der Waals surface area contributed by atoms with Crippen molar-refractivity contribution in [1.82, 2.24) is 15.1 Å².